The SMILES string of the molecule is CCC1CC(C(=O)Nc2c(F)cccc2NC2CC2)CCO1. The summed E-state index contributed by atoms with van der Waals surface area (Å²) in [4.78, 5) is 12.5. The molecule has 1 aromatic carbocycles. The van der Waals surface area contributed by atoms with E-state index in [1.165, 1.54) is 6.07 Å². The van der Waals surface area contributed by atoms with Crippen LogP contribution in [0.15, 0.2) is 18.2 Å². The van der Waals surface area contributed by atoms with Gasteiger partial charge in [0.15, 0.2) is 0 Å². The Morgan fingerprint density at radius 3 is 2.91 bits per heavy atom. The molecule has 120 valence electrons. The third kappa shape index (κ3) is 3.58. The molecule has 0 aromatic heterocycles. The molecule has 1 amide bonds. The number of carbonyl (C=O) groups is 1. The van der Waals surface area contributed by atoms with Gasteiger partial charge in [-0.3, -0.25) is 4.79 Å². The van der Waals surface area contributed by atoms with Crippen LogP contribution in [0.2, 0.25) is 0 Å². The third-order valence-corrected chi connectivity index (χ3v) is 4.39. The van der Waals surface area contributed by atoms with Crippen LogP contribution in [0.4, 0.5) is 15.8 Å². The Morgan fingerprint density at radius 2 is 2.18 bits per heavy atom. The number of hydrogen-bond acceptors (Lipinski definition) is 3. The Labute approximate surface area is 130 Å². The van der Waals surface area contributed by atoms with E-state index in [0.717, 1.165) is 19.3 Å². The number of para-hydroxylation sites is 1. The number of rotatable bonds is 5. The zero-order valence-corrected chi connectivity index (χ0v) is 12.9. The van der Waals surface area contributed by atoms with Crippen LogP contribution >= 0.6 is 0 Å². The van der Waals surface area contributed by atoms with Crippen molar-refractivity contribution < 1.29 is 13.9 Å². The maximum atomic E-state index is 14.1. The van der Waals surface area contributed by atoms with Gasteiger partial charge in [0, 0.05) is 18.6 Å². The van der Waals surface area contributed by atoms with E-state index in [0.29, 0.717) is 31.2 Å². The molecule has 1 aliphatic carbocycles. The van der Waals surface area contributed by atoms with E-state index in [1.54, 1.807) is 6.07 Å². The lowest BCUT2D eigenvalue weighted by Gasteiger charge is -2.28. The summed E-state index contributed by atoms with van der Waals surface area (Å²) in [5.41, 5.74) is 0.953. The van der Waals surface area contributed by atoms with E-state index in [4.69, 9.17) is 4.74 Å². The van der Waals surface area contributed by atoms with E-state index in [-0.39, 0.29) is 23.6 Å². The van der Waals surface area contributed by atoms with Crippen molar-refractivity contribution in [1.29, 1.82) is 0 Å². The molecule has 2 fully saturated rings. The van der Waals surface area contributed by atoms with Crippen molar-refractivity contribution >= 4 is 17.3 Å². The third-order valence-electron chi connectivity index (χ3n) is 4.39. The lowest BCUT2D eigenvalue weighted by atomic mass is 9.93. The molecule has 1 saturated carbocycles. The second kappa shape index (κ2) is 6.65. The van der Waals surface area contributed by atoms with Gasteiger partial charge in [0.2, 0.25) is 5.91 Å². The Kier molecular flexibility index (Phi) is 4.62. The molecule has 2 N–H and O–H groups in total. The molecule has 0 radical (unpaired) electrons. The normalized spacial score (nSPS) is 24.8. The van der Waals surface area contributed by atoms with Crippen LogP contribution in [-0.4, -0.2) is 24.7 Å². The van der Waals surface area contributed by atoms with Gasteiger partial charge in [-0.15, -0.1) is 0 Å². The van der Waals surface area contributed by atoms with Crippen LogP contribution in [0.25, 0.3) is 0 Å². The quantitative estimate of drug-likeness (QED) is 0.875. The monoisotopic (exact) mass is 306 g/mol. The first-order chi connectivity index (χ1) is 10.7. The zero-order valence-electron chi connectivity index (χ0n) is 12.9. The van der Waals surface area contributed by atoms with Gasteiger partial charge >= 0.3 is 0 Å². The predicted molar refractivity (Wildman–Crippen MR) is 84.4 cm³/mol. The Hall–Kier alpha value is -1.62. The maximum absolute atomic E-state index is 14.1. The van der Waals surface area contributed by atoms with Gasteiger partial charge in [-0.05, 0) is 44.2 Å². The summed E-state index contributed by atoms with van der Waals surface area (Å²) in [6.07, 6.45) is 4.64. The molecular formula is C17H23FN2O2. The molecule has 0 spiro atoms. The standard InChI is InChI=1S/C17H23FN2O2/c1-2-13-10-11(8-9-22-13)17(21)20-16-14(18)4-3-5-15(16)19-12-6-7-12/h3-5,11-13,19H,2,6-10H2,1H3,(H,20,21). The minimum Gasteiger partial charge on any atom is -0.381 e. The number of amides is 1. The number of nitrogens with one attached hydrogen (secondary N) is 2. The topological polar surface area (TPSA) is 50.4 Å². The van der Waals surface area contributed by atoms with Crippen molar-refractivity contribution in [3.63, 3.8) is 0 Å². The zero-order chi connectivity index (χ0) is 15.5. The molecule has 2 aliphatic rings. The molecule has 22 heavy (non-hydrogen) atoms. The highest BCUT2D eigenvalue weighted by molar-refractivity contribution is 5.96. The van der Waals surface area contributed by atoms with Crippen molar-refractivity contribution in [1.82, 2.24) is 0 Å². The fraction of sp³-hybridized carbons (Fsp3) is 0.588. The van der Waals surface area contributed by atoms with Crippen molar-refractivity contribution in [2.24, 2.45) is 5.92 Å². The maximum Gasteiger partial charge on any atom is 0.227 e. The summed E-state index contributed by atoms with van der Waals surface area (Å²) >= 11 is 0. The molecule has 1 heterocycles. The van der Waals surface area contributed by atoms with E-state index >= 15 is 0 Å². The van der Waals surface area contributed by atoms with Crippen LogP contribution in [-0.2, 0) is 9.53 Å². The van der Waals surface area contributed by atoms with Gasteiger partial charge in [-0.1, -0.05) is 13.0 Å². The van der Waals surface area contributed by atoms with Crippen molar-refractivity contribution in [2.45, 2.75) is 51.2 Å². The first-order valence-corrected chi connectivity index (χ1v) is 8.15. The van der Waals surface area contributed by atoms with E-state index in [9.17, 15) is 9.18 Å². The highest BCUT2D eigenvalue weighted by Crippen LogP contribution is 2.32. The minimum atomic E-state index is -0.391. The summed E-state index contributed by atoms with van der Waals surface area (Å²) in [7, 11) is 0. The first kappa shape index (κ1) is 15.3. The Bertz CT molecular complexity index is 545. The lowest BCUT2D eigenvalue weighted by Crippen LogP contribution is -2.33. The summed E-state index contributed by atoms with van der Waals surface area (Å²) in [6, 6.07) is 5.27. The lowest BCUT2D eigenvalue weighted by molar-refractivity contribution is -0.124. The van der Waals surface area contributed by atoms with Crippen LogP contribution < -0.4 is 10.6 Å². The number of hydrogen-bond donors (Lipinski definition) is 2. The largest absolute Gasteiger partial charge is 0.381 e. The summed E-state index contributed by atoms with van der Waals surface area (Å²) in [5.74, 6) is -0.601. The fourth-order valence-corrected chi connectivity index (χ4v) is 2.85. The Balaban J connectivity index is 1.70. The molecule has 2 atom stereocenters. The summed E-state index contributed by atoms with van der Waals surface area (Å²) in [6.45, 7) is 2.65. The Morgan fingerprint density at radius 1 is 1.36 bits per heavy atom. The number of anilines is 2. The minimum absolute atomic E-state index is 0.105. The fourth-order valence-electron chi connectivity index (χ4n) is 2.85. The van der Waals surface area contributed by atoms with E-state index in [1.807, 2.05) is 6.07 Å². The van der Waals surface area contributed by atoms with Gasteiger partial charge < -0.3 is 15.4 Å². The number of ether oxygens (including phenoxy) is 1. The second-order valence-corrected chi connectivity index (χ2v) is 6.19. The first-order valence-electron chi connectivity index (χ1n) is 8.15. The molecule has 1 aromatic rings. The molecular weight excluding hydrogens is 283 g/mol. The molecule has 3 rings (SSSR count). The van der Waals surface area contributed by atoms with Crippen LogP contribution in [0.5, 0.6) is 0 Å². The summed E-state index contributed by atoms with van der Waals surface area (Å²) < 4.78 is 19.7. The smallest absolute Gasteiger partial charge is 0.227 e. The molecule has 0 bridgehead atoms. The number of halogens is 1. The highest BCUT2D eigenvalue weighted by Gasteiger charge is 2.28. The van der Waals surface area contributed by atoms with E-state index in [2.05, 4.69) is 17.6 Å². The van der Waals surface area contributed by atoms with Crippen LogP contribution in [0, 0.1) is 11.7 Å². The van der Waals surface area contributed by atoms with Crippen LogP contribution in [0.1, 0.15) is 39.0 Å². The van der Waals surface area contributed by atoms with Crippen LogP contribution in [0.3, 0.4) is 0 Å². The van der Waals surface area contributed by atoms with Crippen molar-refractivity contribution in [2.75, 3.05) is 17.2 Å². The van der Waals surface area contributed by atoms with E-state index < -0.39 is 5.82 Å². The molecule has 2 unspecified atom stereocenters. The van der Waals surface area contributed by atoms with Gasteiger partial charge in [0.1, 0.15) is 11.5 Å². The molecule has 5 heteroatoms. The summed E-state index contributed by atoms with van der Waals surface area (Å²) in [5, 5.41) is 6.07. The molecule has 1 aliphatic heterocycles. The van der Waals surface area contributed by atoms with Gasteiger partial charge in [0.25, 0.3) is 0 Å². The number of benzene rings is 1. The number of carbonyl (C=O) groups excluding carboxylic acids is 1. The molecule has 4 nitrogen and oxygen atoms in total. The van der Waals surface area contributed by atoms with Gasteiger partial charge in [-0.2, -0.15) is 0 Å². The average Bonchev–Trinajstić information content (AvgIpc) is 3.34. The van der Waals surface area contributed by atoms with Gasteiger partial charge in [-0.25, -0.2) is 4.39 Å². The van der Waals surface area contributed by atoms with Crippen molar-refractivity contribution in [3.8, 4) is 0 Å². The highest BCUT2D eigenvalue weighted by atomic mass is 19.1. The van der Waals surface area contributed by atoms with Gasteiger partial charge in [0.05, 0.1) is 11.8 Å². The average molecular weight is 306 g/mol. The van der Waals surface area contributed by atoms with Crippen molar-refractivity contribution in [3.05, 3.63) is 24.0 Å². The predicted octanol–water partition coefficient (Wildman–Crippen LogP) is 3.54. The molecule has 1 saturated heterocycles. The second-order valence-electron chi connectivity index (χ2n) is 6.19.